The molecular formula is C13H17N3OS. The number of H-pyrrole nitrogens is 1. The number of aryl methyl sites for hydroxylation is 2. The van der Waals surface area contributed by atoms with Gasteiger partial charge >= 0.3 is 0 Å². The number of hydrogen-bond donors (Lipinski definition) is 1. The molecule has 0 saturated carbocycles. The highest BCUT2D eigenvalue weighted by Gasteiger charge is 2.07. The number of nitrogens with zero attached hydrogens (tertiary/aromatic N) is 2. The predicted molar refractivity (Wildman–Crippen MR) is 73.1 cm³/mol. The highest BCUT2D eigenvalue weighted by Crippen LogP contribution is 2.26. The van der Waals surface area contributed by atoms with Crippen molar-refractivity contribution in [2.24, 2.45) is 0 Å². The third-order valence-electron chi connectivity index (χ3n) is 2.64. The molecule has 1 aromatic carbocycles. The zero-order valence-electron chi connectivity index (χ0n) is 10.9. The van der Waals surface area contributed by atoms with E-state index in [1.807, 2.05) is 6.07 Å². The molecule has 0 atom stereocenters. The first kappa shape index (κ1) is 13.0. The summed E-state index contributed by atoms with van der Waals surface area (Å²) < 4.78 is 5.35. The lowest BCUT2D eigenvalue weighted by Crippen LogP contribution is -1.91. The Bertz CT molecular complexity index is 525. The molecule has 0 saturated heterocycles. The van der Waals surface area contributed by atoms with Crippen LogP contribution in [0.4, 0.5) is 0 Å². The average molecular weight is 263 g/mol. The predicted octanol–water partition coefficient (Wildman–Crippen LogP) is 2.98. The van der Waals surface area contributed by atoms with Gasteiger partial charge in [0.25, 0.3) is 0 Å². The standard InChI is InChI=1S/C13H17N3OS/c1-4-12-14-13(16-15-12)18-8-10-7-9(2)5-6-11(10)17-3/h5-7H,4,8H2,1-3H3,(H,14,15,16). The molecule has 0 bridgehead atoms. The number of thioether (sulfide) groups is 1. The van der Waals surface area contributed by atoms with Crippen LogP contribution in [0.3, 0.4) is 0 Å². The fourth-order valence-corrected chi connectivity index (χ4v) is 2.46. The van der Waals surface area contributed by atoms with Gasteiger partial charge in [0, 0.05) is 17.7 Å². The second-order valence-electron chi connectivity index (χ2n) is 4.02. The molecular weight excluding hydrogens is 246 g/mol. The second-order valence-corrected chi connectivity index (χ2v) is 4.96. The topological polar surface area (TPSA) is 50.8 Å². The fourth-order valence-electron chi connectivity index (χ4n) is 1.66. The molecule has 0 spiro atoms. The van der Waals surface area contributed by atoms with Gasteiger partial charge in [-0.15, -0.1) is 5.10 Å². The lowest BCUT2D eigenvalue weighted by atomic mass is 10.1. The maximum Gasteiger partial charge on any atom is 0.208 e. The van der Waals surface area contributed by atoms with Gasteiger partial charge in [0.15, 0.2) is 0 Å². The van der Waals surface area contributed by atoms with Crippen molar-refractivity contribution >= 4 is 11.8 Å². The molecule has 1 heterocycles. The van der Waals surface area contributed by atoms with Gasteiger partial charge in [0.2, 0.25) is 5.16 Å². The molecule has 1 aromatic heterocycles. The molecule has 0 fully saturated rings. The Balaban J connectivity index is 2.07. The van der Waals surface area contributed by atoms with Crippen LogP contribution in [0, 0.1) is 6.92 Å². The summed E-state index contributed by atoms with van der Waals surface area (Å²) in [5.41, 5.74) is 2.40. The van der Waals surface area contributed by atoms with Crippen molar-refractivity contribution in [2.45, 2.75) is 31.2 Å². The molecule has 2 aromatic rings. The monoisotopic (exact) mass is 263 g/mol. The number of rotatable bonds is 5. The summed E-state index contributed by atoms with van der Waals surface area (Å²) in [6.45, 7) is 4.13. The van der Waals surface area contributed by atoms with Crippen LogP contribution in [0.25, 0.3) is 0 Å². The molecule has 0 unspecified atom stereocenters. The highest BCUT2D eigenvalue weighted by molar-refractivity contribution is 7.98. The number of methoxy groups -OCH3 is 1. The van der Waals surface area contributed by atoms with E-state index >= 15 is 0 Å². The maximum absolute atomic E-state index is 5.35. The maximum atomic E-state index is 5.35. The minimum Gasteiger partial charge on any atom is -0.496 e. The van der Waals surface area contributed by atoms with Crippen molar-refractivity contribution in [3.05, 3.63) is 35.2 Å². The summed E-state index contributed by atoms with van der Waals surface area (Å²) in [7, 11) is 1.70. The van der Waals surface area contributed by atoms with Gasteiger partial charge < -0.3 is 4.74 Å². The van der Waals surface area contributed by atoms with E-state index in [9.17, 15) is 0 Å². The van der Waals surface area contributed by atoms with Crippen molar-refractivity contribution in [1.29, 1.82) is 0 Å². The van der Waals surface area contributed by atoms with Gasteiger partial charge in [-0.1, -0.05) is 36.4 Å². The first-order valence-electron chi connectivity index (χ1n) is 5.90. The van der Waals surface area contributed by atoms with E-state index in [1.54, 1.807) is 18.9 Å². The van der Waals surface area contributed by atoms with Crippen molar-refractivity contribution in [2.75, 3.05) is 7.11 Å². The molecule has 0 aliphatic rings. The summed E-state index contributed by atoms with van der Waals surface area (Å²) in [6, 6.07) is 6.19. The molecule has 96 valence electrons. The normalized spacial score (nSPS) is 10.6. The molecule has 1 N–H and O–H groups in total. The highest BCUT2D eigenvalue weighted by atomic mass is 32.2. The van der Waals surface area contributed by atoms with E-state index in [-0.39, 0.29) is 0 Å². The van der Waals surface area contributed by atoms with Crippen LogP contribution >= 0.6 is 11.8 Å². The number of hydrogen-bond acceptors (Lipinski definition) is 4. The van der Waals surface area contributed by atoms with E-state index in [0.717, 1.165) is 28.9 Å². The summed E-state index contributed by atoms with van der Waals surface area (Å²) >= 11 is 1.61. The molecule has 0 aliphatic carbocycles. The third kappa shape index (κ3) is 3.04. The molecule has 0 aliphatic heterocycles. The molecule has 18 heavy (non-hydrogen) atoms. The van der Waals surface area contributed by atoms with E-state index < -0.39 is 0 Å². The first-order chi connectivity index (χ1) is 8.72. The Morgan fingerprint density at radius 1 is 1.39 bits per heavy atom. The molecule has 5 heteroatoms. The number of nitrogens with one attached hydrogen (secondary N) is 1. The summed E-state index contributed by atoms with van der Waals surface area (Å²) in [5, 5.41) is 7.87. The first-order valence-corrected chi connectivity index (χ1v) is 6.89. The zero-order chi connectivity index (χ0) is 13.0. The molecule has 4 nitrogen and oxygen atoms in total. The molecule has 0 amide bonds. The Hall–Kier alpha value is -1.49. The van der Waals surface area contributed by atoms with Crippen LogP contribution < -0.4 is 4.74 Å². The number of aromatic amines is 1. The summed E-state index contributed by atoms with van der Waals surface area (Å²) in [5.74, 6) is 2.65. The van der Waals surface area contributed by atoms with Gasteiger partial charge in [-0.2, -0.15) is 0 Å². The van der Waals surface area contributed by atoms with Crippen molar-refractivity contribution < 1.29 is 4.74 Å². The lowest BCUT2D eigenvalue weighted by molar-refractivity contribution is 0.411. The van der Waals surface area contributed by atoms with Crippen LogP contribution in [-0.4, -0.2) is 22.3 Å². The Kier molecular flexibility index (Phi) is 4.25. The summed E-state index contributed by atoms with van der Waals surface area (Å²) in [6.07, 6.45) is 0.876. The zero-order valence-corrected chi connectivity index (χ0v) is 11.7. The number of ether oxygens (including phenoxy) is 1. The van der Waals surface area contributed by atoms with Gasteiger partial charge in [0.05, 0.1) is 7.11 Å². The molecule has 2 rings (SSSR count). The number of aromatic nitrogens is 3. The number of benzene rings is 1. The average Bonchev–Trinajstić information content (AvgIpc) is 2.84. The van der Waals surface area contributed by atoms with Crippen LogP contribution in [-0.2, 0) is 12.2 Å². The van der Waals surface area contributed by atoms with Crippen molar-refractivity contribution in [3.63, 3.8) is 0 Å². The second kappa shape index (κ2) is 5.91. The van der Waals surface area contributed by atoms with Gasteiger partial charge in [0.1, 0.15) is 11.6 Å². The smallest absolute Gasteiger partial charge is 0.208 e. The largest absolute Gasteiger partial charge is 0.496 e. The fraction of sp³-hybridized carbons (Fsp3) is 0.385. The van der Waals surface area contributed by atoms with Gasteiger partial charge in [-0.05, 0) is 13.0 Å². The third-order valence-corrected chi connectivity index (χ3v) is 3.53. The van der Waals surface area contributed by atoms with Crippen LogP contribution in [0.15, 0.2) is 23.4 Å². The van der Waals surface area contributed by atoms with Gasteiger partial charge in [-0.3, -0.25) is 5.10 Å². The Morgan fingerprint density at radius 2 is 2.22 bits per heavy atom. The van der Waals surface area contributed by atoms with Crippen molar-refractivity contribution in [3.8, 4) is 5.75 Å². The van der Waals surface area contributed by atoms with Crippen LogP contribution in [0.5, 0.6) is 5.75 Å². The van der Waals surface area contributed by atoms with E-state index in [4.69, 9.17) is 4.74 Å². The van der Waals surface area contributed by atoms with Gasteiger partial charge in [-0.25, -0.2) is 4.98 Å². The SMILES string of the molecule is CCc1nc(SCc2cc(C)ccc2OC)n[nH]1. The lowest BCUT2D eigenvalue weighted by Gasteiger charge is -2.07. The van der Waals surface area contributed by atoms with Crippen molar-refractivity contribution in [1.82, 2.24) is 15.2 Å². The van der Waals surface area contributed by atoms with Crippen LogP contribution in [0.2, 0.25) is 0 Å². The minimum atomic E-state index is 0.787. The minimum absolute atomic E-state index is 0.787. The Morgan fingerprint density at radius 3 is 2.89 bits per heavy atom. The Labute approximate surface area is 111 Å². The van der Waals surface area contributed by atoms with E-state index in [0.29, 0.717) is 0 Å². The summed E-state index contributed by atoms with van der Waals surface area (Å²) in [4.78, 5) is 4.38. The van der Waals surface area contributed by atoms with E-state index in [1.165, 1.54) is 11.1 Å². The quantitative estimate of drug-likeness (QED) is 0.843. The van der Waals surface area contributed by atoms with Crippen LogP contribution in [0.1, 0.15) is 23.9 Å². The van der Waals surface area contributed by atoms with E-state index in [2.05, 4.69) is 41.2 Å². The molecule has 0 radical (unpaired) electrons.